The zero-order valence-electron chi connectivity index (χ0n) is 6.97. The maximum atomic E-state index is 5.73. The van der Waals surface area contributed by atoms with E-state index in [2.05, 4.69) is 6.92 Å². The Morgan fingerprint density at radius 3 is 2.55 bits per heavy atom. The molecule has 0 aromatic rings. The Bertz CT molecular complexity index is 186. The summed E-state index contributed by atoms with van der Waals surface area (Å²) in [5.74, 6) is 0. The second-order valence-electron chi connectivity index (χ2n) is 2.23. The van der Waals surface area contributed by atoms with Gasteiger partial charge in [0.05, 0.1) is 5.03 Å². The maximum absolute atomic E-state index is 5.73. The molecule has 0 bridgehead atoms. The van der Waals surface area contributed by atoms with Crippen LogP contribution in [0.3, 0.4) is 0 Å². The van der Waals surface area contributed by atoms with E-state index in [0.29, 0.717) is 10.7 Å². The van der Waals surface area contributed by atoms with E-state index in [4.69, 9.17) is 17.3 Å². The van der Waals surface area contributed by atoms with Gasteiger partial charge in [-0.1, -0.05) is 36.8 Å². The van der Waals surface area contributed by atoms with Crippen molar-refractivity contribution in [2.45, 2.75) is 20.3 Å². The van der Waals surface area contributed by atoms with Crippen molar-refractivity contribution in [2.75, 3.05) is 0 Å². The lowest BCUT2D eigenvalue weighted by molar-refractivity contribution is 1.22. The molecular formula is C9H14ClN. The van der Waals surface area contributed by atoms with Gasteiger partial charge in [-0.2, -0.15) is 0 Å². The average molecular weight is 172 g/mol. The second kappa shape index (κ2) is 6.05. The molecule has 0 aliphatic rings. The zero-order valence-corrected chi connectivity index (χ0v) is 7.73. The Morgan fingerprint density at radius 1 is 1.45 bits per heavy atom. The predicted molar refractivity (Wildman–Crippen MR) is 51.3 cm³/mol. The molecule has 0 unspecified atom stereocenters. The van der Waals surface area contributed by atoms with E-state index < -0.39 is 0 Å². The lowest BCUT2D eigenvalue weighted by atomic mass is 10.3. The lowest BCUT2D eigenvalue weighted by Crippen LogP contribution is -1.91. The minimum Gasteiger partial charge on any atom is -0.401 e. The number of rotatable bonds is 3. The molecule has 0 atom stereocenters. The minimum atomic E-state index is 0.603. The van der Waals surface area contributed by atoms with Gasteiger partial charge in [0, 0.05) is 5.70 Å². The van der Waals surface area contributed by atoms with Gasteiger partial charge in [0.15, 0.2) is 0 Å². The SMILES string of the molecule is CC/C=C/C=C\C(Cl)=C(/C)N. The Balaban J connectivity index is 3.94. The van der Waals surface area contributed by atoms with E-state index in [1.165, 1.54) is 0 Å². The van der Waals surface area contributed by atoms with Crippen molar-refractivity contribution in [3.05, 3.63) is 35.0 Å². The molecule has 0 saturated carbocycles. The highest BCUT2D eigenvalue weighted by Crippen LogP contribution is 2.05. The molecule has 0 amide bonds. The van der Waals surface area contributed by atoms with Gasteiger partial charge < -0.3 is 5.73 Å². The largest absolute Gasteiger partial charge is 0.401 e. The summed E-state index contributed by atoms with van der Waals surface area (Å²) in [4.78, 5) is 0. The third-order valence-electron chi connectivity index (χ3n) is 1.10. The maximum Gasteiger partial charge on any atom is 0.0590 e. The number of allylic oxidation sites excluding steroid dienone is 6. The first-order valence-corrected chi connectivity index (χ1v) is 4.01. The summed E-state index contributed by atoms with van der Waals surface area (Å²) in [6.07, 6.45) is 8.69. The highest BCUT2D eigenvalue weighted by molar-refractivity contribution is 6.31. The first-order chi connectivity index (χ1) is 5.18. The third-order valence-corrected chi connectivity index (χ3v) is 1.53. The van der Waals surface area contributed by atoms with Crippen molar-refractivity contribution in [1.82, 2.24) is 0 Å². The highest BCUT2D eigenvalue weighted by Gasteiger charge is 1.85. The van der Waals surface area contributed by atoms with E-state index in [-0.39, 0.29) is 0 Å². The molecule has 0 aliphatic carbocycles. The van der Waals surface area contributed by atoms with Gasteiger partial charge in [0.1, 0.15) is 0 Å². The molecule has 0 fully saturated rings. The number of hydrogen-bond donors (Lipinski definition) is 1. The molecule has 0 radical (unpaired) electrons. The zero-order chi connectivity index (χ0) is 8.69. The fourth-order valence-electron chi connectivity index (χ4n) is 0.486. The lowest BCUT2D eigenvalue weighted by Gasteiger charge is -1.90. The van der Waals surface area contributed by atoms with Gasteiger partial charge >= 0.3 is 0 Å². The monoisotopic (exact) mass is 171 g/mol. The van der Waals surface area contributed by atoms with Gasteiger partial charge in [0.25, 0.3) is 0 Å². The topological polar surface area (TPSA) is 26.0 Å². The molecule has 62 valence electrons. The van der Waals surface area contributed by atoms with Crippen LogP contribution in [0.4, 0.5) is 0 Å². The van der Waals surface area contributed by atoms with Gasteiger partial charge in [-0.25, -0.2) is 0 Å². The van der Waals surface area contributed by atoms with Crippen LogP contribution in [0, 0.1) is 0 Å². The Hall–Kier alpha value is -0.690. The smallest absolute Gasteiger partial charge is 0.0590 e. The van der Waals surface area contributed by atoms with E-state index in [9.17, 15) is 0 Å². The average Bonchev–Trinajstić information content (AvgIpc) is 1.97. The van der Waals surface area contributed by atoms with Crippen LogP contribution < -0.4 is 5.73 Å². The summed E-state index contributed by atoms with van der Waals surface area (Å²) < 4.78 is 0. The van der Waals surface area contributed by atoms with Crippen molar-refractivity contribution in [3.8, 4) is 0 Å². The molecule has 1 nitrogen and oxygen atoms in total. The Labute approximate surface area is 73.2 Å². The van der Waals surface area contributed by atoms with Crippen LogP contribution in [0.1, 0.15) is 20.3 Å². The molecule has 0 aliphatic heterocycles. The summed E-state index contributed by atoms with van der Waals surface area (Å²) >= 11 is 5.73. The summed E-state index contributed by atoms with van der Waals surface area (Å²) in [7, 11) is 0. The minimum absolute atomic E-state index is 0.603. The third kappa shape index (κ3) is 5.74. The quantitative estimate of drug-likeness (QED) is 0.650. The molecule has 0 saturated heterocycles. The summed E-state index contributed by atoms with van der Waals surface area (Å²) in [5, 5.41) is 0.603. The van der Waals surface area contributed by atoms with Crippen molar-refractivity contribution in [2.24, 2.45) is 5.73 Å². The molecular weight excluding hydrogens is 158 g/mol. The van der Waals surface area contributed by atoms with Crippen molar-refractivity contribution < 1.29 is 0 Å². The normalized spacial score (nSPS) is 14.5. The van der Waals surface area contributed by atoms with E-state index >= 15 is 0 Å². The summed E-state index contributed by atoms with van der Waals surface area (Å²) in [5.41, 5.74) is 6.07. The fraction of sp³-hybridized carbons (Fsp3) is 0.333. The van der Waals surface area contributed by atoms with E-state index in [0.717, 1.165) is 6.42 Å². The second-order valence-corrected chi connectivity index (χ2v) is 2.63. The van der Waals surface area contributed by atoms with Crippen LogP contribution in [0.5, 0.6) is 0 Å². The van der Waals surface area contributed by atoms with Crippen LogP contribution in [-0.4, -0.2) is 0 Å². The summed E-state index contributed by atoms with van der Waals surface area (Å²) in [6.45, 7) is 3.85. The van der Waals surface area contributed by atoms with E-state index in [1.54, 1.807) is 13.0 Å². The predicted octanol–water partition coefficient (Wildman–Crippen LogP) is 2.94. The molecule has 2 N–H and O–H groups in total. The molecule has 0 aromatic carbocycles. The van der Waals surface area contributed by atoms with E-state index in [1.807, 2.05) is 18.2 Å². The number of hydrogen-bond acceptors (Lipinski definition) is 1. The highest BCUT2D eigenvalue weighted by atomic mass is 35.5. The van der Waals surface area contributed by atoms with Crippen LogP contribution in [-0.2, 0) is 0 Å². The first-order valence-electron chi connectivity index (χ1n) is 3.63. The Kier molecular flexibility index (Phi) is 5.67. The van der Waals surface area contributed by atoms with Crippen molar-refractivity contribution in [3.63, 3.8) is 0 Å². The number of nitrogens with two attached hydrogens (primary N) is 1. The number of halogens is 1. The fourth-order valence-corrected chi connectivity index (χ4v) is 0.559. The van der Waals surface area contributed by atoms with Crippen LogP contribution in [0.25, 0.3) is 0 Å². The molecule has 11 heavy (non-hydrogen) atoms. The van der Waals surface area contributed by atoms with Gasteiger partial charge in [-0.3, -0.25) is 0 Å². The Morgan fingerprint density at radius 2 is 2.09 bits per heavy atom. The molecule has 2 heteroatoms. The van der Waals surface area contributed by atoms with Gasteiger partial charge in [0.2, 0.25) is 0 Å². The molecule has 0 aromatic heterocycles. The standard InChI is InChI=1S/C9H14ClN/c1-3-4-5-6-7-9(10)8(2)11/h4-7H,3,11H2,1-2H3/b5-4+,7-6-,9-8-. The van der Waals surface area contributed by atoms with Gasteiger partial charge in [-0.05, 0) is 19.4 Å². The molecule has 0 rings (SSSR count). The van der Waals surface area contributed by atoms with Crippen molar-refractivity contribution >= 4 is 11.6 Å². The van der Waals surface area contributed by atoms with Crippen molar-refractivity contribution in [1.29, 1.82) is 0 Å². The first kappa shape index (κ1) is 10.3. The summed E-state index contributed by atoms with van der Waals surface area (Å²) in [6, 6.07) is 0. The molecule has 0 heterocycles. The van der Waals surface area contributed by atoms with Crippen LogP contribution in [0.15, 0.2) is 35.0 Å². The van der Waals surface area contributed by atoms with Gasteiger partial charge in [-0.15, -0.1) is 0 Å². The molecule has 0 spiro atoms. The van der Waals surface area contributed by atoms with Crippen LogP contribution in [0.2, 0.25) is 0 Å². The van der Waals surface area contributed by atoms with Crippen LogP contribution >= 0.6 is 11.6 Å².